The lowest BCUT2D eigenvalue weighted by Crippen LogP contribution is -2.08. The summed E-state index contributed by atoms with van der Waals surface area (Å²) >= 11 is 2.83. The van der Waals surface area contributed by atoms with E-state index in [0.29, 0.717) is 10.9 Å². The van der Waals surface area contributed by atoms with E-state index in [-0.39, 0.29) is 11.6 Å². The quantitative estimate of drug-likeness (QED) is 0.240. The van der Waals surface area contributed by atoms with Gasteiger partial charge in [0.2, 0.25) is 5.13 Å². The molecule has 164 valence electrons. The predicted octanol–water partition coefficient (Wildman–Crippen LogP) is 6.06. The van der Waals surface area contributed by atoms with Gasteiger partial charge in [0, 0.05) is 29.2 Å². The van der Waals surface area contributed by atoms with Gasteiger partial charge in [-0.05, 0) is 56.2 Å². The first-order valence-electron chi connectivity index (χ1n) is 10.2. The van der Waals surface area contributed by atoms with Crippen LogP contribution in [0.1, 0.15) is 27.3 Å². The van der Waals surface area contributed by atoms with E-state index >= 15 is 0 Å². The van der Waals surface area contributed by atoms with Crippen LogP contribution in [0, 0.1) is 19.7 Å². The van der Waals surface area contributed by atoms with Crippen molar-refractivity contribution in [2.45, 2.75) is 31.2 Å². The molecule has 0 fully saturated rings. The number of nitrogens with one attached hydrogen (secondary N) is 1. The Morgan fingerprint density at radius 1 is 1.09 bits per heavy atom. The first-order valence-corrected chi connectivity index (χ1v) is 12.0. The second kappa shape index (κ2) is 10.1. The smallest absolute Gasteiger partial charge is 0.210 e. The van der Waals surface area contributed by atoms with Gasteiger partial charge < -0.3 is 9.88 Å². The Hall–Kier alpha value is -2.97. The standard InChI is InChI=1S/C24H23FN4OS2/c1-16-14-21(17(2)29(16)13-12-18-8-10-19(25)11-9-18)22(30)15-31-24-28-27-23(32-24)26-20-6-4-3-5-7-20/h3-11,14H,12-13,15H2,1-2H3,(H,26,27). The van der Waals surface area contributed by atoms with Gasteiger partial charge in [-0.2, -0.15) is 0 Å². The third-order valence-corrected chi connectivity index (χ3v) is 7.14. The zero-order valence-corrected chi connectivity index (χ0v) is 19.5. The lowest BCUT2D eigenvalue weighted by Gasteiger charge is -2.10. The molecule has 0 amide bonds. The minimum atomic E-state index is -0.231. The van der Waals surface area contributed by atoms with Crippen molar-refractivity contribution in [1.82, 2.24) is 14.8 Å². The molecule has 2 aromatic heterocycles. The van der Waals surface area contributed by atoms with Gasteiger partial charge in [0.05, 0.1) is 5.75 Å². The Bertz CT molecular complexity index is 1200. The molecular weight excluding hydrogens is 443 g/mol. The minimum absolute atomic E-state index is 0.0731. The van der Waals surface area contributed by atoms with Crippen LogP contribution in [-0.4, -0.2) is 26.3 Å². The van der Waals surface area contributed by atoms with Gasteiger partial charge >= 0.3 is 0 Å². The van der Waals surface area contributed by atoms with Crippen LogP contribution in [0.15, 0.2) is 65.0 Å². The lowest BCUT2D eigenvalue weighted by molar-refractivity contribution is 0.102. The molecular formula is C24H23FN4OS2. The molecule has 0 aliphatic carbocycles. The maximum Gasteiger partial charge on any atom is 0.210 e. The summed E-state index contributed by atoms with van der Waals surface area (Å²) in [5.74, 6) is 0.150. The molecule has 1 N–H and O–H groups in total. The monoisotopic (exact) mass is 466 g/mol. The minimum Gasteiger partial charge on any atom is -0.348 e. The van der Waals surface area contributed by atoms with Gasteiger partial charge in [-0.3, -0.25) is 4.79 Å². The molecule has 0 bridgehead atoms. The molecule has 0 radical (unpaired) electrons. The molecule has 4 aromatic rings. The molecule has 0 saturated carbocycles. The summed E-state index contributed by atoms with van der Waals surface area (Å²) in [6.07, 6.45) is 0.779. The Labute approximate surface area is 194 Å². The summed E-state index contributed by atoms with van der Waals surface area (Å²) in [7, 11) is 0. The van der Waals surface area contributed by atoms with Crippen LogP contribution < -0.4 is 5.32 Å². The molecule has 5 nitrogen and oxygen atoms in total. The fraction of sp³-hybridized carbons (Fsp3) is 0.208. The Morgan fingerprint density at radius 2 is 1.84 bits per heavy atom. The van der Waals surface area contributed by atoms with Crippen LogP contribution in [0.4, 0.5) is 15.2 Å². The van der Waals surface area contributed by atoms with Crippen LogP contribution in [0.3, 0.4) is 0 Å². The molecule has 8 heteroatoms. The van der Waals surface area contributed by atoms with E-state index in [4.69, 9.17) is 0 Å². The third-order valence-electron chi connectivity index (χ3n) is 5.17. The zero-order chi connectivity index (χ0) is 22.5. The highest BCUT2D eigenvalue weighted by molar-refractivity contribution is 8.01. The SMILES string of the molecule is Cc1cc(C(=O)CSc2nnc(Nc3ccccc3)s2)c(C)n1CCc1ccc(F)cc1. The van der Waals surface area contributed by atoms with Crippen LogP contribution in [0.2, 0.25) is 0 Å². The number of hydrogen-bond donors (Lipinski definition) is 1. The number of anilines is 2. The number of rotatable bonds is 9. The number of Topliss-reactive ketones (excluding diaryl/α,β-unsaturated/α-hetero) is 1. The van der Waals surface area contributed by atoms with Gasteiger partial charge in [-0.25, -0.2) is 4.39 Å². The number of para-hydroxylation sites is 1. The molecule has 0 unspecified atom stereocenters. The zero-order valence-electron chi connectivity index (χ0n) is 17.8. The first-order chi connectivity index (χ1) is 15.5. The average Bonchev–Trinajstić information content (AvgIpc) is 3.36. The number of nitrogens with zero attached hydrogens (tertiary/aromatic N) is 3. The van der Waals surface area contributed by atoms with E-state index in [0.717, 1.165) is 45.5 Å². The number of hydrogen-bond acceptors (Lipinski definition) is 6. The summed E-state index contributed by atoms with van der Waals surface area (Å²) in [6, 6.07) is 18.3. The summed E-state index contributed by atoms with van der Waals surface area (Å²) in [6.45, 7) is 4.73. The Balaban J connectivity index is 1.35. The summed E-state index contributed by atoms with van der Waals surface area (Å²) < 4.78 is 16.0. The van der Waals surface area contributed by atoms with E-state index in [1.165, 1.54) is 35.2 Å². The van der Waals surface area contributed by atoms with Crippen LogP contribution in [0.25, 0.3) is 0 Å². The van der Waals surface area contributed by atoms with Crippen LogP contribution in [-0.2, 0) is 13.0 Å². The number of thioether (sulfide) groups is 1. The lowest BCUT2D eigenvalue weighted by atomic mass is 10.1. The summed E-state index contributed by atoms with van der Waals surface area (Å²) in [5.41, 5.74) is 4.76. The summed E-state index contributed by atoms with van der Waals surface area (Å²) in [4.78, 5) is 12.9. The van der Waals surface area contributed by atoms with Crippen molar-refractivity contribution >= 4 is 39.7 Å². The van der Waals surface area contributed by atoms with Crippen molar-refractivity contribution in [3.63, 3.8) is 0 Å². The maximum absolute atomic E-state index is 13.1. The van der Waals surface area contributed by atoms with Gasteiger partial charge in [-0.1, -0.05) is 53.4 Å². The van der Waals surface area contributed by atoms with Crippen LogP contribution >= 0.6 is 23.1 Å². The number of halogens is 1. The van der Waals surface area contributed by atoms with Gasteiger partial charge in [0.1, 0.15) is 5.82 Å². The second-order valence-electron chi connectivity index (χ2n) is 7.39. The highest BCUT2D eigenvalue weighted by Crippen LogP contribution is 2.28. The highest BCUT2D eigenvalue weighted by Gasteiger charge is 2.17. The molecule has 4 rings (SSSR count). The van der Waals surface area contributed by atoms with Crippen molar-refractivity contribution in [3.05, 3.63) is 89.0 Å². The number of carbonyl (C=O) groups is 1. The molecule has 0 aliphatic rings. The molecule has 0 saturated heterocycles. The van der Waals surface area contributed by atoms with E-state index < -0.39 is 0 Å². The number of benzene rings is 2. The molecule has 0 atom stereocenters. The van der Waals surface area contributed by atoms with Gasteiger partial charge in [0.25, 0.3) is 0 Å². The average molecular weight is 467 g/mol. The van der Waals surface area contributed by atoms with Crippen molar-refractivity contribution in [1.29, 1.82) is 0 Å². The van der Waals surface area contributed by atoms with Crippen LogP contribution in [0.5, 0.6) is 0 Å². The second-order valence-corrected chi connectivity index (χ2v) is 9.59. The highest BCUT2D eigenvalue weighted by atomic mass is 32.2. The predicted molar refractivity (Wildman–Crippen MR) is 129 cm³/mol. The van der Waals surface area contributed by atoms with E-state index in [1.54, 1.807) is 12.1 Å². The third kappa shape index (κ3) is 5.44. The number of aryl methyl sites for hydroxylation is 2. The van der Waals surface area contributed by atoms with Crippen molar-refractivity contribution in [2.24, 2.45) is 0 Å². The van der Waals surface area contributed by atoms with Gasteiger partial charge in [0.15, 0.2) is 10.1 Å². The Morgan fingerprint density at radius 3 is 2.59 bits per heavy atom. The molecule has 32 heavy (non-hydrogen) atoms. The number of carbonyl (C=O) groups excluding carboxylic acids is 1. The van der Waals surface area contributed by atoms with Crippen molar-refractivity contribution in [2.75, 3.05) is 11.1 Å². The Kier molecular flexibility index (Phi) is 7.02. The largest absolute Gasteiger partial charge is 0.348 e. The normalized spacial score (nSPS) is 11.0. The first kappa shape index (κ1) is 22.2. The van der Waals surface area contributed by atoms with E-state index in [9.17, 15) is 9.18 Å². The van der Waals surface area contributed by atoms with Gasteiger partial charge in [-0.15, -0.1) is 10.2 Å². The number of ketones is 1. The summed E-state index contributed by atoms with van der Waals surface area (Å²) in [5, 5.41) is 12.2. The molecule has 2 aromatic carbocycles. The van der Waals surface area contributed by atoms with E-state index in [2.05, 4.69) is 20.1 Å². The molecule has 2 heterocycles. The number of aromatic nitrogens is 3. The van der Waals surface area contributed by atoms with Crippen molar-refractivity contribution < 1.29 is 9.18 Å². The fourth-order valence-corrected chi connectivity index (χ4v) is 5.14. The molecule has 0 aliphatic heterocycles. The van der Waals surface area contributed by atoms with E-state index in [1.807, 2.05) is 50.2 Å². The topological polar surface area (TPSA) is 59.8 Å². The maximum atomic E-state index is 13.1. The fourth-order valence-electron chi connectivity index (χ4n) is 3.49. The van der Waals surface area contributed by atoms with Crippen molar-refractivity contribution in [3.8, 4) is 0 Å². The molecule has 0 spiro atoms.